The predicted molar refractivity (Wildman–Crippen MR) is 79.7 cm³/mol. The van der Waals surface area contributed by atoms with Crippen molar-refractivity contribution in [3.05, 3.63) is 42.0 Å². The Labute approximate surface area is 119 Å². The number of hydrogen-bond acceptors (Lipinski definition) is 4. The largest absolute Gasteiger partial charge is 0.497 e. The fourth-order valence-corrected chi connectivity index (χ4v) is 1.86. The molecule has 1 aromatic heterocycles. The summed E-state index contributed by atoms with van der Waals surface area (Å²) in [4.78, 5) is 4.54. The molecule has 2 rings (SSSR count). The lowest BCUT2D eigenvalue weighted by molar-refractivity contribution is 0.415. The minimum Gasteiger partial charge on any atom is -0.497 e. The highest BCUT2D eigenvalue weighted by atomic mass is 16.5. The van der Waals surface area contributed by atoms with Gasteiger partial charge in [0, 0.05) is 11.6 Å². The van der Waals surface area contributed by atoms with E-state index in [1.165, 1.54) is 0 Å². The van der Waals surface area contributed by atoms with E-state index in [-0.39, 0.29) is 6.04 Å². The summed E-state index contributed by atoms with van der Waals surface area (Å²) in [5, 5.41) is 12.3. The van der Waals surface area contributed by atoms with Crippen LogP contribution >= 0.6 is 0 Å². The second kappa shape index (κ2) is 6.07. The van der Waals surface area contributed by atoms with Gasteiger partial charge in [-0.15, -0.1) is 0 Å². The van der Waals surface area contributed by atoms with E-state index >= 15 is 0 Å². The van der Waals surface area contributed by atoms with Gasteiger partial charge in [-0.25, -0.2) is 4.98 Å². The molecule has 1 heterocycles. The van der Waals surface area contributed by atoms with Gasteiger partial charge in [-0.05, 0) is 50.2 Å². The van der Waals surface area contributed by atoms with Gasteiger partial charge in [0.15, 0.2) is 0 Å². The molecule has 0 unspecified atom stereocenters. The van der Waals surface area contributed by atoms with E-state index in [2.05, 4.69) is 16.4 Å². The van der Waals surface area contributed by atoms with Crippen molar-refractivity contribution in [2.24, 2.45) is 0 Å². The number of nitrogens with zero attached hydrogens (tertiary/aromatic N) is 2. The van der Waals surface area contributed by atoms with E-state index in [0.717, 1.165) is 17.0 Å². The Morgan fingerprint density at radius 1 is 1.15 bits per heavy atom. The van der Waals surface area contributed by atoms with Gasteiger partial charge in [-0.3, -0.25) is 0 Å². The lowest BCUT2D eigenvalue weighted by Gasteiger charge is -2.12. The molecule has 0 spiro atoms. The molecular weight excluding hydrogens is 250 g/mol. The van der Waals surface area contributed by atoms with E-state index in [1.54, 1.807) is 13.2 Å². The molecule has 0 aliphatic heterocycles. The molecule has 4 heteroatoms. The molecule has 0 fully saturated rings. The van der Waals surface area contributed by atoms with Gasteiger partial charge in [-0.1, -0.05) is 0 Å². The van der Waals surface area contributed by atoms with Crippen molar-refractivity contribution in [3.63, 3.8) is 0 Å². The highest BCUT2D eigenvalue weighted by Gasteiger charge is 2.08. The maximum atomic E-state index is 9.11. The fraction of sp³-hybridized carbons (Fsp3) is 0.250. The van der Waals surface area contributed by atoms with Crippen molar-refractivity contribution in [1.29, 1.82) is 5.26 Å². The molecule has 1 N–H and O–H groups in total. The summed E-state index contributed by atoms with van der Waals surface area (Å²) >= 11 is 0. The Bertz CT molecular complexity index is 627. The second-order valence-corrected chi connectivity index (χ2v) is 4.73. The van der Waals surface area contributed by atoms with E-state index < -0.39 is 0 Å². The summed E-state index contributed by atoms with van der Waals surface area (Å²) in [5.41, 5.74) is 2.37. The van der Waals surface area contributed by atoms with Crippen molar-refractivity contribution in [2.45, 2.75) is 19.9 Å². The maximum Gasteiger partial charge on any atom is 0.144 e. The van der Waals surface area contributed by atoms with Gasteiger partial charge in [-0.2, -0.15) is 5.26 Å². The van der Waals surface area contributed by atoms with Crippen molar-refractivity contribution in [3.8, 4) is 23.1 Å². The van der Waals surface area contributed by atoms with Gasteiger partial charge >= 0.3 is 0 Å². The molecule has 2 aromatic rings. The van der Waals surface area contributed by atoms with Gasteiger partial charge in [0.25, 0.3) is 0 Å². The highest BCUT2D eigenvalue weighted by molar-refractivity contribution is 5.65. The van der Waals surface area contributed by atoms with Crippen LogP contribution in [0.15, 0.2) is 36.4 Å². The zero-order valence-corrected chi connectivity index (χ0v) is 11.8. The number of pyridine rings is 1. The van der Waals surface area contributed by atoms with Crippen molar-refractivity contribution in [2.75, 3.05) is 12.4 Å². The molecule has 1 aromatic carbocycles. The van der Waals surface area contributed by atoms with Gasteiger partial charge in [0.05, 0.1) is 18.4 Å². The summed E-state index contributed by atoms with van der Waals surface area (Å²) in [6.45, 7) is 4.03. The van der Waals surface area contributed by atoms with Crippen LogP contribution in [0.3, 0.4) is 0 Å². The molecule has 0 saturated carbocycles. The molecule has 0 aliphatic rings. The number of anilines is 1. The monoisotopic (exact) mass is 267 g/mol. The summed E-state index contributed by atoms with van der Waals surface area (Å²) in [7, 11) is 1.64. The number of benzene rings is 1. The van der Waals surface area contributed by atoms with E-state index in [9.17, 15) is 0 Å². The lowest BCUT2D eigenvalue weighted by atomic mass is 10.1. The first-order valence-electron chi connectivity index (χ1n) is 6.46. The third kappa shape index (κ3) is 3.07. The van der Waals surface area contributed by atoms with Gasteiger partial charge in [0.1, 0.15) is 17.6 Å². The van der Waals surface area contributed by atoms with Crippen molar-refractivity contribution < 1.29 is 4.74 Å². The Morgan fingerprint density at radius 3 is 2.40 bits per heavy atom. The molecule has 0 amide bonds. The molecule has 0 saturated heterocycles. The van der Waals surface area contributed by atoms with Crippen LogP contribution in [-0.4, -0.2) is 18.1 Å². The summed E-state index contributed by atoms with van der Waals surface area (Å²) in [6.07, 6.45) is 0. The Kier molecular flexibility index (Phi) is 4.21. The average molecular weight is 267 g/mol. The topological polar surface area (TPSA) is 57.9 Å². The van der Waals surface area contributed by atoms with Crippen molar-refractivity contribution >= 4 is 5.82 Å². The SMILES string of the molecule is COc1ccc(-c2ccc(C#N)c(NC(C)C)n2)cc1. The average Bonchev–Trinajstić information content (AvgIpc) is 2.46. The van der Waals surface area contributed by atoms with Crippen molar-refractivity contribution in [1.82, 2.24) is 4.98 Å². The first-order valence-corrected chi connectivity index (χ1v) is 6.46. The summed E-state index contributed by atoms with van der Waals surface area (Å²) in [6, 6.07) is 13.7. The number of hydrogen-bond donors (Lipinski definition) is 1. The van der Waals surface area contributed by atoms with Gasteiger partial charge in [0.2, 0.25) is 0 Å². The van der Waals surface area contributed by atoms with Crippen LogP contribution in [0.2, 0.25) is 0 Å². The third-order valence-corrected chi connectivity index (χ3v) is 2.83. The Hall–Kier alpha value is -2.54. The Balaban J connectivity index is 2.39. The zero-order chi connectivity index (χ0) is 14.5. The smallest absolute Gasteiger partial charge is 0.144 e. The second-order valence-electron chi connectivity index (χ2n) is 4.73. The molecule has 0 bridgehead atoms. The first-order chi connectivity index (χ1) is 9.63. The number of nitrogens with one attached hydrogen (secondary N) is 1. The normalized spacial score (nSPS) is 10.2. The van der Waals surface area contributed by atoms with Gasteiger partial charge < -0.3 is 10.1 Å². The minimum atomic E-state index is 0.223. The van der Waals surface area contributed by atoms with Crippen LogP contribution in [0, 0.1) is 11.3 Å². The van der Waals surface area contributed by atoms with E-state index in [4.69, 9.17) is 10.00 Å². The quantitative estimate of drug-likeness (QED) is 0.921. The molecule has 0 aliphatic carbocycles. The van der Waals surface area contributed by atoms with Crippen LogP contribution in [0.4, 0.5) is 5.82 Å². The minimum absolute atomic E-state index is 0.223. The number of ether oxygens (including phenoxy) is 1. The summed E-state index contributed by atoms with van der Waals surface area (Å²) < 4.78 is 5.14. The van der Waals surface area contributed by atoms with E-state index in [0.29, 0.717) is 11.4 Å². The van der Waals surface area contributed by atoms with Crippen LogP contribution in [0.1, 0.15) is 19.4 Å². The predicted octanol–water partition coefficient (Wildman–Crippen LogP) is 3.45. The number of aromatic nitrogens is 1. The highest BCUT2D eigenvalue weighted by Crippen LogP contribution is 2.24. The zero-order valence-electron chi connectivity index (χ0n) is 11.8. The molecular formula is C16H17N3O. The summed E-state index contributed by atoms with van der Waals surface area (Å²) in [5.74, 6) is 1.43. The van der Waals surface area contributed by atoms with Crippen LogP contribution in [0.5, 0.6) is 5.75 Å². The fourth-order valence-electron chi connectivity index (χ4n) is 1.86. The number of rotatable bonds is 4. The molecule has 0 atom stereocenters. The molecule has 102 valence electrons. The first kappa shape index (κ1) is 13.9. The number of nitriles is 1. The molecule has 20 heavy (non-hydrogen) atoms. The molecule has 0 radical (unpaired) electrons. The number of methoxy groups -OCH3 is 1. The van der Waals surface area contributed by atoms with Crippen LogP contribution < -0.4 is 10.1 Å². The van der Waals surface area contributed by atoms with Crippen LogP contribution in [0.25, 0.3) is 11.3 Å². The molecule has 4 nitrogen and oxygen atoms in total. The lowest BCUT2D eigenvalue weighted by Crippen LogP contribution is -2.12. The maximum absolute atomic E-state index is 9.11. The van der Waals surface area contributed by atoms with Crippen LogP contribution in [-0.2, 0) is 0 Å². The third-order valence-electron chi connectivity index (χ3n) is 2.83. The standard InChI is InChI=1S/C16H17N3O/c1-11(2)18-16-13(10-17)6-9-15(19-16)12-4-7-14(20-3)8-5-12/h4-9,11H,1-3H3,(H,18,19). The van der Waals surface area contributed by atoms with E-state index in [1.807, 2.05) is 44.2 Å². The Morgan fingerprint density at radius 2 is 1.85 bits per heavy atom.